The Bertz CT molecular complexity index is 1150. The van der Waals surface area contributed by atoms with Crippen molar-refractivity contribution in [2.75, 3.05) is 18.7 Å². The van der Waals surface area contributed by atoms with E-state index in [9.17, 15) is 23.3 Å². The number of nitrogens with zero attached hydrogens (tertiary/aromatic N) is 2. The number of ether oxygens (including phenoxy) is 1. The van der Waals surface area contributed by atoms with Crippen molar-refractivity contribution in [2.45, 2.75) is 4.90 Å². The second-order valence-electron chi connectivity index (χ2n) is 5.52. The number of non-ortho nitro benzene ring substituents is 1. The third kappa shape index (κ3) is 3.88. The van der Waals surface area contributed by atoms with Crippen LogP contribution in [0, 0.1) is 10.1 Å². The van der Waals surface area contributed by atoms with Crippen molar-refractivity contribution in [3.63, 3.8) is 0 Å². The van der Waals surface area contributed by atoms with Gasteiger partial charge in [-0.05, 0) is 24.3 Å². The molecule has 0 saturated carbocycles. The van der Waals surface area contributed by atoms with Gasteiger partial charge in [-0.25, -0.2) is 13.4 Å². The predicted octanol–water partition coefficient (Wildman–Crippen LogP) is 2.87. The number of nitrogens with one attached hydrogen (secondary N) is 1. The zero-order valence-electron chi connectivity index (χ0n) is 14.1. The lowest BCUT2D eigenvalue weighted by molar-refractivity contribution is -0.384. The minimum absolute atomic E-state index is 0.107. The first kappa shape index (κ1) is 18.7. The highest BCUT2D eigenvalue weighted by Crippen LogP contribution is 2.36. The summed E-state index contributed by atoms with van der Waals surface area (Å²) in [5.41, 5.74) is 0.507. The molecule has 0 radical (unpaired) electrons. The van der Waals surface area contributed by atoms with E-state index in [0.717, 1.165) is 17.6 Å². The molecule has 0 unspecified atom stereocenters. The van der Waals surface area contributed by atoms with Gasteiger partial charge in [0.05, 0.1) is 27.7 Å². The number of hydrogen-bond donors (Lipinski definition) is 1. The molecule has 1 N–H and O–H groups in total. The number of hydrogen-bond acceptors (Lipinski definition) is 8. The minimum Gasteiger partial charge on any atom is -0.494 e. The summed E-state index contributed by atoms with van der Waals surface area (Å²) >= 11 is 1.07. The van der Waals surface area contributed by atoms with Crippen molar-refractivity contribution >= 4 is 48.1 Å². The van der Waals surface area contributed by atoms with Crippen molar-refractivity contribution in [1.82, 2.24) is 4.98 Å². The lowest BCUT2D eigenvalue weighted by Gasteiger charge is -2.03. The normalized spacial score (nSPS) is 11.3. The summed E-state index contributed by atoms with van der Waals surface area (Å²) in [5.74, 6) is -0.254. The van der Waals surface area contributed by atoms with Crippen molar-refractivity contribution in [3.8, 4) is 5.75 Å². The highest BCUT2D eigenvalue weighted by molar-refractivity contribution is 7.90. The number of anilines is 1. The molecule has 1 amide bonds. The van der Waals surface area contributed by atoms with Crippen LogP contribution in [0.5, 0.6) is 5.75 Å². The molecule has 9 nitrogen and oxygen atoms in total. The van der Waals surface area contributed by atoms with E-state index in [1.165, 1.54) is 43.5 Å². The quantitative estimate of drug-likeness (QED) is 0.508. The summed E-state index contributed by atoms with van der Waals surface area (Å²) in [4.78, 5) is 27.2. The number of amides is 1. The smallest absolute Gasteiger partial charge is 0.274 e. The molecule has 2 aromatic carbocycles. The fourth-order valence-electron chi connectivity index (χ4n) is 2.32. The molecule has 27 heavy (non-hydrogen) atoms. The molecule has 0 bridgehead atoms. The van der Waals surface area contributed by atoms with Crippen LogP contribution in [0.4, 0.5) is 10.8 Å². The van der Waals surface area contributed by atoms with Crippen molar-refractivity contribution in [3.05, 3.63) is 52.1 Å². The molecule has 1 aromatic heterocycles. The number of nitro benzene ring substituents is 1. The van der Waals surface area contributed by atoms with Gasteiger partial charge in [0.15, 0.2) is 20.7 Å². The van der Waals surface area contributed by atoms with E-state index < -0.39 is 20.7 Å². The van der Waals surface area contributed by atoms with Gasteiger partial charge < -0.3 is 4.74 Å². The van der Waals surface area contributed by atoms with Gasteiger partial charge in [0, 0.05) is 17.9 Å². The topological polar surface area (TPSA) is 128 Å². The van der Waals surface area contributed by atoms with Gasteiger partial charge in [0.2, 0.25) is 0 Å². The van der Waals surface area contributed by atoms with Crippen molar-refractivity contribution in [1.29, 1.82) is 0 Å². The van der Waals surface area contributed by atoms with Gasteiger partial charge in [-0.3, -0.25) is 20.2 Å². The SMILES string of the molecule is COc1cc([N+](=O)[O-])cc2sc(NC(=O)c3ccc(S(C)(=O)=O)cc3)nc12. The maximum absolute atomic E-state index is 12.3. The van der Waals surface area contributed by atoms with Gasteiger partial charge in [0.25, 0.3) is 11.6 Å². The molecule has 0 spiro atoms. The molecule has 11 heteroatoms. The average molecular weight is 407 g/mol. The fraction of sp³-hybridized carbons (Fsp3) is 0.125. The van der Waals surface area contributed by atoms with E-state index in [1.807, 2.05) is 0 Å². The van der Waals surface area contributed by atoms with E-state index >= 15 is 0 Å². The van der Waals surface area contributed by atoms with Crippen LogP contribution in [0.15, 0.2) is 41.3 Å². The monoisotopic (exact) mass is 407 g/mol. The predicted molar refractivity (Wildman–Crippen MR) is 100 cm³/mol. The van der Waals surface area contributed by atoms with Gasteiger partial charge in [-0.15, -0.1) is 0 Å². The Kier molecular flexibility index (Phi) is 4.81. The molecule has 0 saturated heterocycles. The zero-order valence-corrected chi connectivity index (χ0v) is 15.8. The summed E-state index contributed by atoms with van der Waals surface area (Å²) in [6.45, 7) is 0. The Morgan fingerprint density at radius 2 is 1.93 bits per heavy atom. The molecular weight excluding hydrogens is 394 g/mol. The summed E-state index contributed by atoms with van der Waals surface area (Å²) in [5, 5.41) is 13.8. The number of carbonyl (C=O) groups is 1. The third-order valence-electron chi connectivity index (χ3n) is 3.64. The number of benzene rings is 2. The van der Waals surface area contributed by atoms with E-state index in [2.05, 4.69) is 10.3 Å². The molecule has 0 aliphatic carbocycles. The second kappa shape index (κ2) is 6.93. The molecule has 140 valence electrons. The summed E-state index contributed by atoms with van der Waals surface area (Å²) in [7, 11) is -1.98. The van der Waals surface area contributed by atoms with Gasteiger partial charge in [-0.1, -0.05) is 11.3 Å². The number of nitro groups is 1. The van der Waals surface area contributed by atoms with Crippen molar-refractivity contribution < 1.29 is 22.9 Å². The summed E-state index contributed by atoms with van der Waals surface area (Å²) in [6.07, 6.45) is 1.08. The van der Waals surface area contributed by atoms with E-state index in [0.29, 0.717) is 10.2 Å². The Labute approximate surface area is 157 Å². The molecule has 3 aromatic rings. The number of sulfone groups is 1. The Balaban J connectivity index is 1.90. The Morgan fingerprint density at radius 1 is 1.26 bits per heavy atom. The lowest BCUT2D eigenvalue weighted by atomic mass is 10.2. The van der Waals surface area contributed by atoms with Crippen molar-refractivity contribution in [2.24, 2.45) is 0 Å². The van der Waals surface area contributed by atoms with Gasteiger partial charge in [-0.2, -0.15) is 0 Å². The first-order valence-corrected chi connectivity index (χ1v) is 10.1. The van der Waals surface area contributed by atoms with E-state index in [-0.39, 0.29) is 27.0 Å². The summed E-state index contributed by atoms with van der Waals surface area (Å²) in [6, 6.07) is 8.09. The first-order chi connectivity index (χ1) is 12.7. The molecule has 0 atom stereocenters. The van der Waals surface area contributed by atoms with Crippen LogP contribution >= 0.6 is 11.3 Å². The van der Waals surface area contributed by atoms with Crippen LogP contribution in [-0.2, 0) is 9.84 Å². The van der Waals surface area contributed by atoms with E-state index in [1.54, 1.807) is 0 Å². The lowest BCUT2D eigenvalue weighted by Crippen LogP contribution is -2.11. The van der Waals surface area contributed by atoms with Crippen LogP contribution in [0.1, 0.15) is 10.4 Å². The molecule has 1 heterocycles. The fourth-order valence-corrected chi connectivity index (χ4v) is 3.86. The number of thiazole rings is 1. The largest absolute Gasteiger partial charge is 0.494 e. The zero-order chi connectivity index (χ0) is 19.8. The van der Waals surface area contributed by atoms with Crippen LogP contribution in [0.2, 0.25) is 0 Å². The second-order valence-corrected chi connectivity index (χ2v) is 8.57. The maximum atomic E-state index is 12.3. The van der Waals surface area contributed by atoms with Crippen LogP contribution in [-0.4, -0.2) is 37.6 Å². The maximum Gasteiger partial charge on any atom is 0.274 e. The molecule has 3 rings (SSSR count). The molecule has 0 aliphatic rings. The average Bonchev–Trinajstić information content (AvgIpc) is 3.02. The molecule has 0 aliphatic heterocycles. The first-order valence-electron chi connectivity index (χ1n) is 7.43. The third-order valence-corrected chi connectivity index (χ3v) is 5.69. The van der Waals surface area contributed by atoms with E-state index in [4.69, 9.17) is 4.74 Å². The number of rotatable bonds is 5. The highest BCUT2D eigenvalue weighted by atomic mass is 32.2. The van der Waals surface area contributed by atoms with Crippen LogP contribution < -0.4 is 10.1 Å². The Hall–Kier alpha value is -3.05. The van der Waals surface area contributed by atoms with Gasteiger partial charge >= 0.3 is 0 Å². The molecule has 0 fully saturated rings. The minimum atomic E-state index is -3.35. The number of carbonyl (C=O) groups excluding carboxylic acids is 1. The van der Waals surface area contributed by atoms with Crippen LogP contribution in [0.3, 0.4) is 0 Å². The van der Waals surface area contributed by atoms with Gasteiger partial charge in [0.1, 0.15) is 5.52 Å². The Morgan fingerprint density at radius 3 is 2.48 bits per heavy atom. The number of fused-ring (bicyclic) bond motifs is 1. The molecular formula is C16H13N3O6S2. The highest BCUT2D eigenvalue weighted by Gasteiger charge is 2.18. The number of aromatic nitrogens is 1. The summed E-state index contributed by atoms with van der Waals surface area (Å²) < 4.78 is 28.6. The number of methoxy groups -OCH3 is 1. The standard InChI is InChI=1S/C16H13N3O6S2/c1-25-12-7-10(19(21)22)8-13-14(12)17-16(26-13)18-15(20)9-3-5-11(6-4-9)27(2,23)24/h3-8H,1-2H3,(H,17,18,20). The van der Waals surface area contributed by atoms with Crippen LogP contribution in [0.25, 0.3) is 10.2 Å².